The van der Waals surface area contributed by atoms with E-state index < -0.39 is 0 Å². The van der Waals surface area contributed by atoms with Gasteiger partial charge in [0.25, 0.3) is 0 Å². The van der Waals surface area contributed by atoms with Gasteiger partial charge >= 0.3 is 0 Å². The van der Waals surface area contributed by atoms with Crippen molar-refractivity contribution in [2.24, 2.45) is 7.05 Å². The molecule has 0 saturated carbocycles. The van der Waals surface area contributed by atoms with Crippen LogP contribution in [0.5, 0.6) is 0 Å². The van der Waals surface area contributed by atoms with Gasteiger partial charge in [-0.05, 0) is 18.2 Å². The molecule has 3 rings (SSSR count). The molecule has 0 aliphatic heterocycles. The van der Waals surface area contributed by atoms with Crippen LogP contribution in [0.15, 0.2) is 30.9 Å². The summed E-state index contributed by atoms with van der Waals surface area (Å²) >= 11 is 0. The molecule has 0 amide bonds. The van der Waals surface area contributed by atoms with Crippen LogP contribution in [0.25, 0.3) is 10.9 Å². The van der Waals surface area contributed by atoms with Gasteiger partial charge in [-0.15, -0.1) is 10.2 Å². The van der Waals surface area contributed by atoms with Crippen molar-refractivity contribution in [3.8, 4) is 0 Å². The topological polar surface area (TPSA) is 94.5 Å². The van der Waals surface area contributed by atoms with Gasteiger partial charge in [-0.2, -0.15) is 0 Å². The van der Waals surface area contributed by atoms with Gasteiger partial charge in [-0.3, -0.25) is 0 Å². The smallest absolute Gasteiger partial charge is 0.151 e. The first-order valence-electron chi connectivity index (χ1n) is 5.81. The number of nitrogens with zero attached hydrogens (tertiary/aromatic N) is 5. The van der Waals surface area contributed by atoms with E-state index in [0.29, 0.717) is 12.2 Å². The van der Waals surface area contributed by atoms with Crippen LogP contribution in [0.2, 0.25) is 0 Å². The number of benzene rings is 1. The monoisotopic (exact) mass is 255 g/mol. The molecule has 3 N–H and O–H groups in total. The van der Waals surface area contributed by atoms with Crippen molar-refractivity contribution < 1.29 is 0 Å². The molecule has 0 saturated heterocycles. The number of nitrogen functional groups attached to an aromatic ring is 1. The molecule has 0 unspecified atom stereocenters. The molecule has 7 nitrogen and oxygen atoms in total. The summed E-state index contributed by atoms with van der Waals surface area (Å²) in [7, 11) is 1.90. The first-order valence-corrected chi connectivity index (χ1v) is 5.81. The van der Waals surface area contributed by atoms with E-state index in [0.717, 1.165) is 22.5 Å². The highest BCUT2D eigenvalue weighted by Gasteiger charge is 2.05. The van der Waals surface area contributed by atoms with Crippen LogP contribution in [0, 0.1) is 0 Å². The van der Waals surface area contributed by atoms with E-state index in [1.54, 1.807) is 6.33 Å². The third kappa shape index (κ3) is 2.17. The average molecular weight is 255 g/mol. The molecule has 19 heavy (non-hydrogen) atoms. The summed E-state index contributed by atoms with van der Waals surface area (Å²) in [6.45, 7) is 0.549. The van der Waals surface area contributed by atoms with Gasteiger partial charge in [0.15, 0.2) is 5.82 Å². The zero-order valence-corrected chi connectivity index (χ0v) is 10.4. The molecular formula is C12H13N7. The van der Waals surface area contributed by atoms with E-state index >= 15 is 0 Å². The van der Waals surface area contributed by atoms with Gasteiger partial charge < -0.3 is 15.6 Å². The van der Waals surface area contributed by atoms with Crippen LogP contribution in [0.3, 0.4) is 0 Å². The lowest BCUT2D eigenvalue weighted by Crippen LogP contribution is -2.07. The summed E-state index contributed by atoms with van der Waals surface area (Å²) in [6.07, 6.45) is 3.18. The molecule has 0 aliphatic rings. The first-order chi connectivity index (χ1) is 9.24. The van der Waals surface area contributed by atoms with Crippen LogP contribution >= 0.6 is 0 Å². The molecule has 0 fully saturated rings. The van der Waals surface area contributed by atoms with Crippen LogP contribution in [-0.2, 0) is 13.6 Å². The van der Waals surface area contributed by atoms with Crippen molar-refractivity contribution >= 4 is 22.4 Å². The quantitative estimate of drug-likeness (QED) is 0.677. The van der Waals surface area contributed by atoms with Gasteiger partial charge in [0.2, 0.25) is 0 Å². The molecule has 1 aromatic carbocycles. The Morgan fingerprint density at radius 3 is 3.00 bits per heavy atom. The SMILES string of the molecule is Cn1cnnc1CNc1ncnc2cc(N)ccc12. The number of anilines is 2. The molecule has 2 heterocycles. The number of rotatable bonds is 3. The van der Waals surface area contributed by atoms with Crippen LogP contribution in [0.1, 0.15) is 5.82 Å². The van der Waals surface area contributed by atoms with Gasteiger partial charge in [-0.25, -0.2) is 9.97 Å². The zero-order valence-electron chi connectivity index (χ0n) is 10.4. The maximum absolute atomic E-state index is 5.74. The van der Waals surface area contributed by atoms with Crippen LogP contribution in [-0.4, -0.2) is 24.7 Å². The van der Waals surface area contributed by atoms with Crippen molar-refractivity contribution in [3.63, 3.8) is 0 Å². The Hall–Kier alpha value is -2.70. The minimum absolute atomic E-state index is 0.549. The number of nitrogens with one attached hydrogen (secondary N) is 1. The Labute approximate surface area is 109 Å². The molecule has 0 atom stereocenters. The normalized spacial score (nSPS) is 10.8. The molecule has 0 bridgehead atoms. The standard InChI is InChI=1S/C12H13N7/c1-19-7-17-18-11(19)5-14-12-9-3-2-8(13)4-10(9)15-6-16-12/h2-4,6-7H,5,13H2,1H3,(H,14,15,16). The molecule has 0 aliphatic carbocycles. The Balaban J connectivity index is 1.91. The number of aromatic nitrogens is 5. The second kappa shape index (κ2) is 4.52. The summed E-state index contributed by atoms with van der Waals surface area (Å²) in [6, 6.07) is 5.56. The second-order valence-electron chi connectivity index (χ2n) is 4.21. The summed E-state index contributed by atoms with van der Waals surface area (Å²) in [4.78, 5) is 8.45. The highest BCUT2D eigenvalue weighted by Crippen LogP contribution is 2.21. The number of hydrogen-bond acceptors (Lipinski definition) is 6. The maximum Gasteiger partial charge on any atom is 0.151 e. The Morgan fingerprint density at radius 1 is 1.32 bits per heavy atom. The van der Waals surface area contributed by atoms with E-state index in [2.05, 4.69) is 25.5 Å². The second-order valence-corrected chi connectivity index (χ2v) is 4.21. The van der Waals surface area contributed by atoms with Crippen LogP contribution < -0.4 is 11.1 Å². The molecular weight excluding hydrogens is 242 g/mol. The van der Waals surface area contributed by atoms with E-state index in [9.17, 15) is 0 Å². The lowest BCUT2D eigenvalue weighted by Gasteiger charge is -2.08. The number of aryl methyl sites for hydroxylation is 1. The minimum atomic E-state index is 0.549. The summed E-state index contributed by atoms with van der Waals surface area (Å²) in [5.41, 5.74) is 7.24. The van der Waals surface area contributed by atoms with Gasteiger partial charge in [0.1, 0.15) is 18.5 Å². The van der Waals surface area contributed by atoms with Gasteiger partial charge in [0.05, 0.1) is 12.1 Å². The minimum Gasteiger partial charge on any atom is -0.399 e. The maximum atomic E-state index is 5.74. The fraction of sp³-hybridized carbons (Fsp3) is 0.167. The highest BCUT2D eigenvalue weighted by molar-refractivity contribution is 5.90. The third-order valence-electron chi connectivity index (χ3n) is 2.88. The highest BCUT2D eigenvalue weighted by atomic mass is 15.3. The molecule has 0 radical (unpaired) electrons. The van der Waals surface area contributed by atoms with Gasteiger partial charge in [0, 0.05) is 18.1 Å². The Bertz CT molecular complexity index is 719. The number of nitrogens with two attached hydrogens (primary N) is 1. The summed E-state index contributed by atoms with van der Waals surface area (Å²) < 4.78 is 1.86. The van der Waals surface area contributed by atoms with Gasteiger partial charge in [-0.1, -0.05) is 0 Å². The van der Waals surface area contributed by atoms with Crippen molar-refractivity contribution in [2.45, 2.75) is 6.54 Å². The number of hydrogen-bond donors (Lipinski definition) is 2. The van der Waals surface area contributed by atoms with Crippen molar-refractivity contribution in [2.75, 3.05) is 11.1 Å². The summed E-state index contributed by atoms with van der Waals surface area (Å²) in [5, 5.41) is 12.0. The molecule has 3 aromatic rings. The Kier molecular flexibility index (Phi) is 2.71. The van der Waals surface area contributed by atoms with E-state index in [-0.39, 0.29) is 0 Å². The molecule has 2 aromatic heterocycles. The van der Waals surface area contributed by atoms with E-state index in [1.807, 2.05) is 29.8 Å². The zero-order chi connectivity index (χ0) is 13.2. The summed E-state index contributed by atoms with van der Waals surface area (Å²) in [5.74, 6) is 1.59. The lowest BCUT2D eigenvalue weighted by atomic mass is 10.2. The predicted molar refractivity (Wildman–Crippen MR) is 72.3 cm³/mol. The molecule has 7 heteroatoms. The van der Waals surface area contributed by atoms with E-state index in [4.69, 9.17) is 5.73 Å². The largest absolute Gasteiger partial charge is 0.399 e. The lowest BCUT2D eigenvalue weighted by molar-refractivity contribution is 0.810. The molecule has 0 spiro atoms. The number of fused-ring (bicyclic) bond motifs is 1. The van der Waals surface area contributed by atoms with E-state index in [1.165, 1.54) is 6.33 Å². The fourth-order valence-corrected chi connectivity index (χ4v) is 1.84. The average Bonchev–Trinajstić information content (AvgIpc) is 2.81. The van der Waals surface area contributed by atoms with Crippen LogP contribution in [0.4, 0.5) is 11.5 Å². The van der Waals surface area contributed by atoms with Crippen molar-refractivity contribution in [1.29, 1.82) is 0 Å². The molecule has 96 valence electrons. The van der Waals surface area contributed by atoms with Crippen molar-refractivity contribution in [3.05, 3.63) is 36.7 Å². The third-order valence-corrected chi connectivity index (χ3v) is 2.88. The predicted octanol–water partition coefficient (Wildman–Crippen LogP) is 0.953. The fourth-order valence-electron chi connectivity index (χ4n) is 1.84. The van der Waals surface area contributed by atoms with Crippen molar-refractivity contribution in [1.82, 2.24) is 24.7 Å². The first kappa shape index (κ1) is 11.4. The Morgan fingerprint density at radius 2 is 2.21 bits per heavy atom.